The first-order chi connectivity index (χ1) is 14.5. The number of aryl methyl sites for hydroxylation is 1. The zero-order valence-electron chi connectivity index (χ0n) is 17.4. The van der Waals surface area contributed by atoms with Gasteiger partial charge in [-0.1, -0.05) is 17.4 Å². The Bertz CT molecular complexity index is 1180. The second-order valence-corrected chi connectivity index (χ2v) is 8.26. The second-order valence-electron chi connectivity index (χ2n) is 7.25. The van der Waals surface area contributed by atoms with Crippen LogP contribution in [0, 0.1) is 6.92 Å². The van der Waals surface area contributed by atoms with Crippen molar-refractivity contribution in [1.82, 2.24) is 19.7 Å². The molecule has 0 aliphatic rings. The number of aromatic nitrogens is 4. The number of hydrogen-bond donors (Lipinski definition) is 0. The monoisotopic (exact) mass is 421 g/mol. The Labute approximate surface area is 179 Å². The number of amides is 1. The molecule has 154 valence electrons. The number of carbonyl (C=O) groups excluding carboxylic acids is 1. The molecule has 0 saturated heterocycles. The number of anilines is 1. The van der Waals surface area contributed by atoms with Gasteiger partial charge in [0.1, 0.15) is 11.4 Å². The molecule has 0 unspecified atom stereocenters. The number of carbonyl (C=O) groups is 1. The predicted octanol–water partition coefficient (Wildman–Crippen LogP) is 4.63. The van der Waals surface area contributed by atoms with Gasteiger partial charge in [0.15, 0.2) is 5.13 Å². The highest BCUT2D eigenvalue weighted by molar-refractivity contribution is 7.22. The Kier molecular flexibility index (Phi) is 5.50. The van der Waals surface area contributed by atoms with Gasteiger partial charge < -0.3 is 4.74 Å². The van der Waals surface area contributed by atoms with Crippen LogP contribution in [-0.2, 0) is 6.54 Å². The average Bonchev–Trinajstić information content (AvgIpc) is 3.35. The van der Waals surface area contributed by atoms with Crippen molar-refractivity contribution in [3.05, 3.63) is 65.7 Å². The summed E-state index contributed by atoms with van der Waals surface area (Å²) in [5, 5.41) is 5.11. The molecule has 0 saturated carbocycles. The van der Waals surface area contributed by atoms with Gasteiger partial charge in [0.2, 0.25) is 0 Å². The van der Waals surface area contributed by atoms with E-state index in [9.17, 15) is 4.79 Å². The molecule has 1 aromatic carbocycles. The van der Waals surface area contributed by atoms with E-state index in [-0.39, 0.29) is 11.9 Å². The number of thiazole rings is 1. The van der Waals surface area contributed by atoms with Crippen LogP contribution in [0.15, 0.2) is 48.7 Å². The van der Waals surface area contributed by atoms with E-state index < -0.39 is 0 Å². The van der Waals surface area contributed by atoms with Gasteiger partial charge in [-0.05, 0) is 51.1 Å². The lowest BCUT2D eigenvalue weighted by Gasteiger charge is -2.21. The lowest BCUT2D eigenvalue weighted by Crippen LogP contribution is -2.32. The summed E-state index contributed by atoms with van der Waals surface area (Å²) in [7, 11) is 1.63. The number of hydrogen-bond acceptors (Lipinski definition) is 6. The van der Waals surface area contributed by atoms with Crippen LogP contribution in [0.4, 0.5) is 5.13 Å². The maximum Gasteiger partial charge on any atom is 0.278 e. The molecule has 4 rings (SSSR count). The molecule has 3 aromatic heterocycles. The smallest absolute Gasteiger partial charge is 0.278 e. The third-order valence-corrected chi connectivity index (χ3v) is 5.73. The van der Waals surface area contributed by atoms with Crippen LogP contribution < -0.4 is 9.64 Å². The summed E-state index contributed by atoms with van der Waals surface area (Å²) in [4.78, 5) is 24.5. The number of pyridine rings is 1. The van der Waals surface area contributed by atoms with Crippen molar-refractivity contribution in [3.63, 3.8) is 0 Å². The normalized spacial score (nSPS) is 11.2. The maximum absolute atomic E-state index is 13.7. The SMILES string of the molecule is COc1ccc2sc(N(Cc3ccccn3)C(=O)c3cc(C)nn3C(C)C)nc2c1. The molecule has 0 radical (unpaired) electrons. The summed E-state index contributed by atoms with van der Waals surface area (Å²) in [6.07, 6.45) is 1.73. The van der Waals surface area contributed by atoms with E-state index >= 15 is 0 Å². The molecule has 3 heterocycles. The van der Waals surface area contributed by atoms with Gasteiger partial charge in [-0.2, -0.15) is 5.10 Å². The fourth-order valence-corrected chi connectivity index (χ4v) is 4.17. The van der Waals surface area contributed by atoms with Gasteiger partial charge in [-0.15, -0.1) is 0 Å². The minimum atomic E-state index is -0.152. The molecule has 30 heavy (non-hydrogen) atoms. The van der Waals surface area contributed by atoms with Crippen molar-refractivity contribution >= 4 is 32.6 Å². The van der Waals surface area contributed by atoms with Crippen molar-refractivity contribution in [1.29, 1.82) is 0 Å². The minimum absolute atomic E-state index is 0.0639. The second kappa shape index (κ2) is 8.23. The highest BCUT2D eigenvalue weighted by Crippen LogP contribution is 2.33. The van der Waals surface area contributed by atoms with E-state index in [0.717, 1.165) is 27.4 Å². The molecule has 0 aliphatic carbocycles. The van der Waals surface area contributed by atoms with E-state index in [1.54, 1.807) is 22.9 Å². The number of benzene rings is 1. The summed E-state index contributed by atoms with van der Waals surface area (Å²) < 4.78 is 8.06. The van der Waals surface area contributed by atoms with Gasteiger partial charge in [-0.3, -0.25) is 19.4 Å². The number of rotatable bonds is 6. The zero-order chi connectivity index (χ0) is 21.3. The fourth-order valence-electron chi connectivity index (χ4n) is 3.23. The van der Waals surface area contributed by atoms with Crippen molar-refractivity contribution in [2.75, 3.05) is 12.0 Å². The van der Waals surface area contributed by atoms with Crippen LogP contribution in [0.3, 0.4) is 0 Å². The number of fused-ring (bicyclic) bond motifs is 1. The topological polar surface area (TPSA) is 73.1 Å². The Hall–Kier alpha value is -3.26. The number of ether oxygens (including phenoxy) is 1. The largest absolute Gasteiger partial charge is 0.497 e. The Balaban J connectivity index is 1.79. The lowest BCUT2D eigenvalue weighted by molar-refractivity contribution is 0.0972. The molecule has 0 spiro atoms. The quantitative estimate of drug-likeness (QED) is 0.454. The van der Waals surface area contributed by atoms with E-state index in [0.29, 0.717) is 17.4 Å². The van der Waals surface area contributed by atoms with Crippen LogP contribution in [0.2, 0.25) is 0 Å². The first kappa shape index (κ1) is 20.0. The van der Waals surface area contributed by atoms with Gasteiger partial charge in [0, 0.05) is 18.3 Å². The first-order valence-electron chi connectivity index (χ1n) is 9.68. The molecule has 0 bridgehead atoms. The van der Waals surface area contributed by atoms with Gasteiger partial charge >= 0.3 is 0 Å². The van der Waals surface area contributed by atoms with E-state index in [1.807, 2.05) is 63.2 Å². The van der Waals surface area contributed by atoms with Gasteiger partial charge in [0.05, 0.1) is 35.3 Å². The highest BCUT2D eigenvalue weighted by atomic mass is 32.1. The van der Waals surface area contributed by atoms with Gasteiger partial charge in [-0.25, -0.2) is 4.98 Å². The third kappa shape index (κ3) is 3.91. The van der Waals surface area contributed by atoms with Gasteiger partial charge in [0.25, 0.3) is 5.91 Å². The Morgan fingerprint density at radius 3 is 2.77 bits per heavy atom. The molecule has 1 amide bonds. The van der Waals surface area contributed by atoms with Crippen LogP contribution >= 0.6 is 11.3 Å². The summed E-state index contributed by atoms with van der Waals surface area (Å²) in [6.45, 7) is 6.23. The molecule has 8 heteroatoms. The molecular weight excluding hydrogens is 398 g/mol. The standard InChI is InChI=1S/C22H23N5O2S/c1-14(2)27-19(11-15(3)25-27)21(28)26(13-16-7-5-6-10-23-16)22-24-18-12-17(29-4)8-9-20(18)30-22/h5-12,14H,13H2,1-4H3. The lowest BCUT2D eigenvalue weighted by atomic mass is 10.2. The number of methoxy groups -OCH3 is 1. The summed E-state index contributed by atoms with van der Waals surface area (Å²) in [5.74, 6) is 0.580. The van der Waals surface area contributed by atoms with Crippen molar-refractivity contribution in [2.45, 2.75) is 33.4 Å². The third-order valence-electron chi connectivity index (χ3n) is 4.67. The molecule has 0 fully saturated rings. The van der Waals surface area contributed by atoms with Crippen molar-refractivity contribution in [2.24, 2.45) is 0 Å². The van der Waals surface area contributed by atoms with Crippen LogP contribution in [0.5, 0.6) is 5.75 Å². The Morgan fingerprint density at radius 2 is 2.07 bits per heavy atom. The van der Waals surface area contributed by atoms with E-state index in [1.165, 1.54) is 11.3 Å². The molecule has 0 N–H and O–H groups in total. The molecule has 7 nitrogen and oxygen atoms in total. The van der Waals surface area contributed by atoms with Crippen LogP contribution in [-0.4, -0.2) is 32.8 Å². The summed E-state index contributed by atoms with van der Waals surface area (Å²) >= 11 is 1.47. The van der Waals surface area contributed by atoms with E-state index in [4.69, 9.17) is 9.72 Å². The molecular formula is C22H23N5O2S. The highest BCUT2D eigenvalue weighted by Gasteiger charge is 2.26. The predicted molar refractivity (Wildman–Crippen MR) is 118 cm³/mol. The zero-order valence-corrected chi connectivity index (χ0v) is 18.2. The summed E-state index contributed by atoms with van der Waals surface area (Å²) in [5.41, 5.74) is 2.92. The van der Waals surface area contributed by atoms with Crippen molar-refractivity contribution in [3.8, 4) is 5.75 Å². The Morgan fingerprint density at radius 1 is 1.23 bits per heavy atom. The van der Waals surface area contributed by atoms with Crippen molar-refractivity contribution < 1.29 is 9.53 Å². The van der Waals surface area contributed by atoms with Crippen LogP contribution in [0.1, 0.15) is 41.8 Å². The van der Waals surface area contributed by atoms with Crippen LogP contribution in [0.25, 0.3) is 10.2 Å². The summed E-state index contributed by atoms with van der Waals surface area (Å²) in [6, 6.07) is 13.3. The average molecular weight is 422 g/mol. The maximum atomic E-state index is 13.7. The molecule has 4 aromatic rings. The minimum Gasteiger partial charge on any atom is -0.497 e. The first-order valence-corrected chi connectivity index (χ1v) is 10.5. The molecule has 0 atom stereocenters. The fraction of sp³-hybridized carbons (Fsp3) is 0.273. The molecule has 0 aliphatic heterocycles. The number of nitrogens with zero attached hydrogens (tertiary/aromatic N) is 5. The van der Waals surface area contributed by atoms with E-state index in [2.05, 4.69) is 10.1 Å².